The maximum absolute atomic E-state index is 13.4. The van der Waals surface area contributed by atoms with Crippen LogP contribution in [0.1, 0.15) is 12.0 Å². The number of amides is 3. The van der Waals surface area contributed by atoms with Gasteiger partial charge in [-0.3, -0.25) is 19.6 Å². The van der Waals surface area contributed by atoms with Crippen molar-refractivity contribution in [3.63, 3.8) is 0 Å². The average molecular weight is 430 g/mol. The second kappa shape index (κ2) is 8.18. The lowest BCUT2D eigenvalue weighted by Crippen LogP contribution is -2.55. The zero-order valence-corrected chi connectivity index (χ0v) is 17.6. The number of ether oxygens (including phenoxy) is 1. The zero-order chi connectivity index (χ0) is 22.1. The monoisotopic (exact) mass is 430 g/mol. The van der Waals surface area contributed by atoms with Crippen LogP contribution >= 0.6 is 0 Å². The Balaban J connectivity index is 1.51. The summed E-state index contributed by atoms with van der Waals surface area (Å²) < 4.78 is 6.90. The minimum absolute atomic E-state index is 0.161. The topological polar surface area (TPSA) is 92.1 Å². The Morgan fingerprint density at radius 3 is 2.81 bits per heavy atom. The largest absolute Gasteiger partial charge is 0.497 e. The lowest BCUT2D eigenvalue weighted by Gasteiger charge is -2.37. The lowest BCUT2D eigenvalue weighted by atomic mass is 10.1. The summed E-state index contributed by atoms with van der Waals surface area (Å²) in [7, 11) is 1.57. The van der Waals surface area contributed by atoms with Crippen molar-refractivity contribution in [1.82, 2.24) is 14.7 Å². The summed E-state index contributed by atoms with van der Waals surface area (Å²) in [6.07, 6.45) is 2.49. The molecular weight excluding hydrogens is 408 g/mol. The predicted octanol–water partition coefficient (Wildman–Crippen LogP) is 2.91. The van der Waals surface area contributed by atoms with Crippen LogP contribution in [0.5, 0.6) is 5.75 Å². The van der Waals surface area contributed by atoms with Crippen LogP contribution in [0.3, 0.4) is 0 Å². The molecule has 0 aliphatic carbocycles. The number of para-hydroxylation sites is 1. The van der Waals surface area contributed by atoms with Gasteiger partial charge in [-0.1, -0.05) is 24.3 Å². The van der Waals surface area contributed by atoms with E-state index in [-0.39, 0.29) is 18.5 Å². The van der Waals surface area contributed by atoms with Crippen LogP contribution < -0.4 is 15.0 Å². The fourth-order valence-electron chi connectivity index (χ4n) is 3.96. The fourth-order valence-corrected chi connectivity index (χ4v) is 3.96. The number of urea groups is 1. The van der Waals surface area contributed by atoms with Gasteiger partial charge in [0, 0.05) is 24.8 Å². The van der Waals surface area contributed by atoms with Gasteiger partial charge in [0.05, 0.1) is 24.6 Å². The van der Waals surface area contributed by atoms with E-state index in [0.717, 1.165) is 17.7 Å². The van der Waals surface area contributed by atoms with Gasteiger partial charge >= 0.3 is 6.03 Å². The molecule has 32 heavy (non-hydrogen) atoms. The second-order valence-electron chi connectivity index (χ2n) is 7.49. The Labute approximate surface area is 184 Å². The third-order valence-electron chi connectivity index (χ3n) is 5.42. The van der Waals surface area contributed by atoms with E-state index in [4.69, 9.17) is 4.74 Å². The number of anilines is 2. The first-order valence-electron chi connectivity index (χ1n) is 10.4. The number of aromatic nitrogens is 2. The van der Waals surface area contributed by atoms with E-state index < -0.39 is 0 Å². The number of rotatable bonds is 5. The zero-order valence-electron chi connectivity index (χ0n) is 17.6. The molecule has 0 fully saturated rings. The first-order chi connectivity index (χ1) is 15.7. The van der Waals surface area contributed by atoms with Crippen molar-refractivity contribution in [2.24, 2.45) is 4.99 Å². The van der Waals surface area contributed by atoms with E-state index in [1.165, 1.54) is 4.90 Å². The third kappa shape index (κ3) is 3.47. The Bertz CT molecular complexity index is 1200. The maximum atomic E-state index is 13.4. The van der Waals surface area contributed by atoms with Gasteiger partial charge in [-0.15, -0.1) is 0 Å². The Kier molecular flexibility index (Phi) is 5.06. The van der Waals surface area contributed by atoms with Crippen LogP contribution in [-0.2, 0) is 4.79 Å². The van der Waals surface area contributed by atoms with Crippen molar-refractivity contribution < 1.29 is 14.3 Å². The third-order valence-corrected chi connectivity index (χ3v) is 5.42. The molecule has 0 radical (unpaired) electrons. The Morgan fingerprint density at radius 1 is 1.16 bits per heavy atom. The molecular formula is C23H22N6O3. The van der Waals surface area contributed by atoms with Gasteiger partial charge in [-0.2, -0.15) is 5.10 Å². The van der Waals surface area contributed by atoms with Crippen molar-refractivity contribution in [3.05, 3.63) is 66.4 Å². The highest BCUT2D eigenvalue weighted by molar-refractivity contribution is 6.20. The number of carbonyl (C=O) groups is 2. The molecule has 0 saturated heterocycles. The van der Waals surface area contributed by atoms with E-state index in [1.807, 2.05) is 30.3 Å². The molecule has 2 aliphatic heterocycles. The number of carbonyl (C=O) groups excluding carboxylic acids is 2. The van der Waals surface area contributed by atoms with Gasteiger partial charge in [0.1, 0.15) is 18.1 Å². The lowest BCUT2D eigenvalue weighted by molar-refractivity contribution is -0.114. The van der Waals surface area contributed by atoms with Crippen LogP contribution in [-0.4, -0.2) is 59.2 Å². The molecule has 2 aliphatic rings. The molecule has 1 aromatic heterocycles. The summed E-state index contributed by atoms with van der Waals surface area (Å²) in [5.41, 5.74) is 2.13. The summed E-state index contributed by atoms with van der Waals surface area (Å²) in [6.45, 7) is 1.05. The molecule has 9 heteroatoms. The van der Waals surface area contributed by atoms with E-state index in [0.29, 0.717) is 36.2 Å². The summed E-state index contributed by atoms with van der Waals surface area (Å²) in [6, 6.07) is 16.3. The summed E-state index contributed by atoms with van der Waals surface area (Å²) in [4.78, 5) is 34.0. The van der Waals surface area contributed by atoms with E-state index >= 15 is 0 Å². The fraction of sp³-hybridized carbons (Fsp3) is 0.217. The normalized spacial score (nSPS) is 15.0. The highest BCUT2D eigenvalue weighted by Gasteiger charge is 2.40. The number of nitrogens with one attached hydrogen (secondary N) is 1. The van der Waals surface area contributed by atoms with Gasteiger partial charge in [0.2, 0.25) is 5.91 Å². The number of methoxy groups -OCH3 is 1. The molecule has 9 nitrogen and oxygen atoms in total. The van der Waals surface area contributed by atoms with Gasteiger partial charge in [-0.05, 0) is 30.7 Å². The summed E-state index contributed by atoms with van der Waals surface area (Å²) in [5.74, 6) is 1.47. The average Bonchev–Trinajstić information content (AvgIpc) is 3.28. The van der Waals surface area contributed by atoms with Crippen LogP contribution in [0, 0.1) is 0 Å². The second-order valence-corrected chi connectivity index (χ2v) is 7.49. The van der Waals surface area contributed by atoms with Crippen molar-refractivity contribution in [3.8, 4) is 11.4 Å². The highest BCUT2D eigenvalue weighted by Crippen LogP contribution is 2.32. The predicted molar refractivity (Wildman–Crippen MR) is 121 cm³/mol. The molecule has 3 amide bonds. The van der Waals surface area contributed by atoms with Gasteiger partial charge in [0.25, 0.3) is 0 Å². The first kappa shape index (κ1) is 19.8. The summed E-state index contributed by atoms with van der Waals surface area (Å²) >= 11 is 0. The molecule has 0 saturated carbocycles. The van der Waals surface area contributed by atoms with Crippen molar-refractivity contribution in [2.75, 3.05) is 37.0 Å². The van der Waals surface area contributed by atoms with Gasteiger partial charge in [0.15, 0.2) is 5.82 Å². The minimum Gasteiger partial charge on any atom is -0.497 e. The number of hydrogen-bond donors (Lipinski definition) is 1. The standard InChI is InChI=1S/C23H22N6O3/c1-32-18-10-5-7-16(13-18)26-20(30)15-28-22-19(21-24-11-6-12-27(21)23(28)31)14-25-29(22)17-8-3-2-4-9-17/h2-5,7-10,13-14H,6,11-12,15H2,1H3,(H,26,30). The van der Waals surface area contributed by atoms with E-state index in [9.17, 15) is 9.59 Å². The van der Waals surface area contributed by atoms with Crippen molar-refractivity contribution in [1.29, 1.82) is 0 Å². The number of aliphatic imine (C=N–C) groups is 1. The van der Waals surface area contributed by atoms with Crippen molar-refractivity contribution >= 4 is 29.3 Å². The molecule has 3 aromatic rings. The number of fused-ring (bicyclic) bond motifs is 3. The molecule has 0 atom stereocenters. The van der Waals surface area contributed by atoms with Gasteiger partial charge in [-0.25, -0.2) is 9.48 Å². The Morgan fingerprint density at radius 2 is 2.00 bits per heavy atom. The van der Waals surface area contributed by atoms with Crippen LogP contribution in [0.15, 0.2) is 65.8 Å². The molecule has 0 bridgehead atoms. The van der Waals surface area contributed by atoms with E-state index in [1.54, 1.807) is 47.2 Å². The van der Waals surface area contributed by atoms with Crippen molar-refractivity contribution in [2.45, 2.75) is 6.42 Å². The quantitative estimate of drug-likeness (QED) is 0.674. The molecule has 0 unspecified atom stereocenters. The van der Waals surface area contributed by atoms with Crippen LogP contribution in [0.2, 0.25) is 0 Å². The molecule has 162 valence electrons. The number of benzene rings is 2. The first-order valence-corrected chi connectivity index (χ1v) is 10.4. The maximum Gasteiger partial charge on any atom is 0.331 e. The van der Waals surface area contributed by atoms with E-state index in [2.05, 4.69) is 15.4 Å². The SMILES string of the molecule is COc1cccc(NC(=O)CN2C(=O)N3CCCN=C3c3cnn(-c4ccccc4)c32)c1. The van der Waals surface area contributed by atoms with Crippen LogP contribution in [0.25, 0.3) is 5.69 Å². The van der Waals surface area contributed by atoms with Gasteiger partial charge < -0.3 is 10.1 Å². The molecule has 5 rings (SSSR count). The molecule has 3 heterocycles. The summed E-state index contributed by atoms with van der Waals surface area (Å²) in [5, 5.41) is 7.37. The molecule has 1 N–H and O–H groups in total. The highest BCUT2D eigenvalue weighted by atomic mass is 16.5. The molecule has 0 spiro atoms. The smallest absolute Gasteiger partial charge is 0.331 e. The Hall–Kier alpha value is -4.14. The molecule has 2 aromatic carbocycles. The minimum atomic E-state index is -0.323. The van der Waals surface area contributed by atoms with Crippen LogP contribution in [0.4, 0.5) is 16.3 Å². The number of amidine groups is 1. The number of hydrogen-bond acceptors (Lipinski definition) is 5. The number of nitrogens with zero attached hydrogens (tertiary/aromatic N) is 5.